The summed E-state index contributed by atoms with van der Waals surface area (Å²) in [5, 5.41) is 2.75. The molecule has 0 aliphatic heterocycles. The highest BCUT2D eigenvalue weighted by Crippen LogP contribution is 2.26. The molecule has 0 bridgehead atoms. The molecule has 0 saturated heterocycles. The van der Waals surface area contributed by atoms with Crippen LogP contribution >= 0.6 is 0 Å². The van der Waals surface area contributed by atoms with Gasteiger partial charge in [-0.2, -0.15) is 0 Å². The summed E-state index contributed by atoms with van der Waals surface area (Å²) >= 11 is 0. The zero-order valence-corrected chi connectivity index (χ0v) is 14.7. The summed E-state index contributed by atoms with van der Waals surface area (Å²) in [5.41, 5.74) is 3.04. The van der Waals surface area contributed by atoms with Gasteiger partial charge in [0.15, 0.2) is 5.78 Å². The van der Waals surface area contributed by atoms with Crippen molar-refractivity contribution in [3.05, 3.63) is 82.9 Å². The van der Waals surface area contributed by atoms with E-state index in [1.165, 1.54) is 0 Å². The Kier molecular flexibility index (Phi) is 7.05. The summed E-state index contributed by atoms with van der Waals surface area (Å²) in [5.74, 6) is 0.0660. The van der Waals surface area contributed by atoms with Crippen LogP contribution < -0.4 is 5.32 Å². The quantitative estimate of drug-likeness (QED) is 0.847. The lowest BCUT2D eigenvalue weighted by Crippen LogP contribution is -2.19. The molecule has 0 aromatic heterocycles. The number of carbonyl (C=O) groups is 2. The molecule has 0 heterocycles. The number of benzene rings is 2. The Labute approximate surface area is 149 Å². The molecule has 0 unspecified atom stereocenters. The molecule has 0 radical (unpaired) electrons. The molecule has 128 valence electrons. The van der Waals surface area contributed by atoms with Gasteiger partial charge >= 0.3 is 0 Å². The van der Waals surface area contributed by atoms with Crippen molar-refractivity contribution in [1.82, 2.24) is 5.32 Å². The second-order valence-electron chi connectivity index (χ2n) is 5.88. The van der Waals surface area contributed by atoms with Gasteiger partial charge in [0.2, 0.25) is 0 Å². The van der Waals surface area contributed by atoms with Crippen LogP contribution in [0, 0.1) is 0 Å². The first-order valence-corrected chi connectivity index (χ1v) is 8.30. The van der Waals surface area contributed by atoms with Gasteiger partial charge in [-0.25, -0.2) is 0 Å². The van der Waals surface area contributed by atoms with Gasteiger partial charge in [0, 0.05) is 24.0 Å². The molecule has 3 nitrogen and oxygen atoms in total. The van der Waals surface area contributed by atoms with Crippen molar-refractivity contribution in [1.29, 1.82) is 0 Å². The zero-order valence-electron chi connectivity index (χ0n) is 14.7. The smallest absolute Gasteiger partial charge is 0.185 e. The third-order valence-corrected chi connectivity index (χ3v) is 3.64. The number of Topliss-reactive ketones (excluding diaryl/α,β-unsaturated/α-hetero) is 2. The Morgan fingerprint density at radius 1 is 0.720 bits per heavy atom. The second kappa shape index (κ2) is 9.50. The molecule has 1 fully saturated rings. The van der Waals surface area contributed by atoms with E-state index in [0.29, 0.717) is 11.1 Å². The number of hydrogen-bond donors (Lipinski definition) is 1. The van der Waals surface area contributed by atoms with Gasteiger partial charge in [-0.15, -0.1) is 0 Å². The van der Waals surface area contributed by atoms with E-state index in [1.807, 2.05) is 86.9 Å². The fourth-order valence-electron chi connectivity index (χ4n) is 2.59. The number of allylic oxidation sites excluding steroid dienone is 2. The highest BCUT2D eigenvalue weighted by Gasteiger charge is 2.25. The second-order valence-corrected chi connectivity index (χ2v) is 5.88. The van der Waals surface area contributed by atoms with E-state index in [4.69, 9.17) is 0 Å². The van der Waals surface area contributed by atoms with E-state index >= 15 is 0 Å². The van der Waals surface area contributed by atoms with Gasteiger partial charge in [-0.3, -0.25) is 9.59 Å². The molecule has 25 heavy (non-hydrogen) atoms. The average molecular weight is 333 g/mol. The average Bonchev–Trinajstić information content (AvgIpc) is 2.61. The Morgan fingerprint density at radius 3 is 1.44 bits per heavy atom. The van der Waals surface area contributed by atoms with Gasteiger partial charge in [0.25, 0.3) is 0 Å². The first kappa shape index (κ1) is 18.6. The molecule has 2 aromatic rings. The van der Waals surface area contributed by atoms with E-state index in [-0.39, 0.29) is 24.4 Å². The van der Waals surface area contributed by atoms with Crippen LogP contribution in [-0.2, 0) is 9.59 Å². The molecule has 3 rings (SSSR count). The predicted octanol–water partition coefficient (Wildman–Crippen LogP) is 3.92. The fourth-order valence-corrected chi connectivity index (χ4v) is 2.59. The summed E-state index contributed by atoms with van der Waals surface area (Å²) in [4.78, 5) is 24.6. The number of nitrogens with one attached hydrogen (secondary N) is 1. The number of hydrogen-bond acceptors (Lipinski definition) is 3. The van der Waals surface area contributed by atoms with Gasteiger partial charge in [0.1, 0.15) is 5.78 Å². The largest absolute Gasteiger partial charge is 0.323 e. The van der Waals surface area contributed by atoms with Crippen molar-refractivity contribution in [3.8, 4) is 0 Å². The molecule has 0 atom stereocenters. The Balaban J connectivity index is 0.000000701. The molecule has 2 aromatic carbocycles. The van der Waals surface area contributed by atoms with Gasteiger partial charge in [-0.1, -0.05) is 60.7 Å². The first-order chi connectivity index (χ1) is 12.1. The van der Waals surface area contributed by atoms with Crippen molar-refractivity contribution in [3.63, 3.8) is 0 Å². The molecular weight excluding hydrogens is 310 g/mol. The van der Waals surface area contributed by atoms with Crippen molar-refractivity contribution in [2.24, 2.45) is 0 Å². The van der Waals surface area contributed by atoms with Crippen LogP contribution in [0.3, 0.4) is 0 Å². The maximum absolute atomic E-state index is 12.6. The Hall–Kier alpha value is -2.78. The molecular formula is C22H23NO2. The molecule has 1 aliphatic rings. The van der Waals surface area contributed by atoms with E-state index < -0.39 is 0 Å². The van der Waals surface area contributed by atoms with Crippen molar-refractivity contribution in [2.45, 2.75) is 12.8 Å². The van der Waals surface area contributed by atoms with Crippen molar-refractivity contribution in [2.75, 3.05) is 14.1 Å². The van der Waals surface area contributed by atoms with Crippen LogP contribution in [0.25, 0.3) is 12.2 Å². The topological polar surface area (TPSA) is 46.2 Å². The van der Waals surface area contributed by atoms with Crippen LogP contribution in [0.4, 0.5) is 0 Å². The third-order valence-electron chi connectivity index (χ3n) is 3.64. The van der Waals surface area contributed by atoms with E-state index in [2.05, 4.69) is 5.32 Å². The summed E-state index contributed by atoms with van der Waals surface area (Å²) in [6.45, 7) is 0. The summed E-state index contributed by atoms with van der Waals surface area (Å²) in [6.07, 6.45) is 4.08. The molecule has 0 amide bonds. The summed E-state index contributed by atoms with van der Waals surface area (Å²) < 4.78 is 0. The number of rotatable bonds is 2. The zero-order chi connectivity index (χ0) is 18.1. The SMILES string of the molecule is CNC.O=C1CC(=Cc2ccccc2)C(=O)C(=Cc2ccccc2)C1. The van der Waals surface area contributed by atoms with Gasteiger partial charge in [0.05, 0.1) is 0 Å². The highest BCUT2D eigenvalue weighted by atomic mass is 16.1. The summed E-state index contributed by atoms with van der Waals surface area (Å²) in [7, 11) is 3.75. The minimum Gasteiger partial charge on any atom is -0.323 e. The van der Waals surface area contributed by atoms with Gasteiger partial charge < -0.3 is 5.32 Å². The number of ketones is 2. The van der Waals surface area contributed by atoms with E-state index in [9.17, 15) is 9.59 Å². The van der Waals surface area contributed by atoms with Crippen LogP contribution in [0.2, 0.25) is 0 Å². The lowest BCUT2D eigenvalue weighted by Gasteiger charge is -2.15. The first-order valence-electron chi connectivity index (χ1n) is 8.30. The van der Waals surface area contributed by atoms with Crippen molar-refractivity contribution < 1.29 is 9.59 Å². The minimum absolute atomic E-state index is 0.0210. The monoisotopic (exact) mass is 333 g/mol. The standard InChI is InChI=1S/C20H16O2.C2H7N/c21-19-13-17(11-15-7-3-1-4-8-15)20(22)18(14-19)12-16-9-5-2-6-10-16;1-3-2/h1-12H,13-14H2;3H,1-2H3. The normalized spacial score (nSPS) is 17.4. The van der Waals surface area contributed by atoms with E-state index in [1.54, 1.807) is 0 Å². The fraction of sp³-hybridized carbons (Fsp3) is 0.182. The minimum atomic E-state index is -0.0210. The van der Waals surface area contributed by atoms with Crippen LogP contribution in [0.15, 0.2) is 71.8 Å². The molecule has 3 heteroatoms. The molecule has 1 saturated carbocycles. The van der Waals surface area contributed by atoms with Gasteiger partial charge in [-0.05, 0) is 37.4 Å². The Morgan fingerprint density at radius 2 is 1.08 bits per heavy atom. The molecule has 1 aliphatic carbocycles. The Bertz CT molecular complexity index is 711. The van der Waals surface area contributed by atoms with Crippen LogP contribution in [0.5, 0.6) is 0 Å². The third kappa shape index (κ3) is 5.66. The highest BCUT2D eigenvalue weighted by molar-refractivity contribution is 6.20. The lowest BCUT2D eigenvalue weighted by molar-refractivity contribution is -0.122. The maximum Gasteiger partial charge on any atom is 0.185 e. The predicted molar refractivity (Wildman–Crippen MR) is 103 cm³/mol. The summed E-state index contributed by atoms with van der Waals surface area (Å²) in [6, 6.07) is 19.3. The van der Waals surface area contributed by atoms with Crippen LogP contribution in [0.1, 0.15) is 24.0 Å². The van der Waals surface area contributed by atoms with Crippen molar-refractivity contribution >= 4 is 23.7 Å². The maximum atomic E-state index is 12.6. The van der Waals surface area contributed by atoms with E-state index in [0.717, 1.165) is 11.1 Å². The molecule has 0 spiro atoms. The number of carbonyl (C=O) groups excluding carboxylic acids is 2. The molecule has 1 N–H and O–H groups in total. The lowest BCUT2D eigenvalue weighted by atomic mass is 9.86. The van der Waals surface area contributed by atoms with Crippen LogP contribution in [-0.4, -0.2) is 25.7 Å².